The highest BCUT2D eigenvalue weighted by Crippen LogP contribution is 2.27. The molecule has 0 aliphatic heterocycles. The Bertz CT molecular complexity index is 1080. The van der Waals surface area contributed by atoms with Crippen LogP contribution in [0.1, 0.15) is 23.0 Å². The normalized spacial score (nSPS) is 10.5. The Morgan fingerprint density at radius 2 is 1.67 bits per heavy atom. The van der Waals surface area contributed by atoms with Crippen LogP contribution in [0.25, 0.3) is 11.0 Å². The smallest absolute Gasteiger partial charge is 0.337 e. The number of ether oxygens (including phenoxy) is 3. The third-order valence-electron chi connectivity index (χ3n) is 3.74. The Morgan fingerprint density at radius 3 is 2.30 bits per heavy atom. The van der Waals surface area contributed by atoms with E-state index in [1.807, 2.05) is 0 Å². The van der Waals surface area contributed by atoms with Crippen LogP contribution >= 0.6 is 0 Å². The summed E-state index contributed by atoms with van der Waals surface area (Å²) >= 11 is 0. The van der Waals surface area contributed by atoms with Gasteiger partial charge < -0.3 is 18.6 Å². The number of methoxy groups -OCH3 is 1. The van der Waals surface area contributed by atoms with Crippen molar-refractivity contribution in [1.82, 2.24) is 0 Å². The summed E-state index contributed by atoms with van der Waals surface area (Å²) in [6, 6.07) is 10.7. The molecule has 7 heteroatoms. The maximum absolute atomic E-state index is 12.7. The molecule has 0 spiro atoms. The third kappa shape index (κ3) is 3.82. The van der Waals surface area contributed by atoms with Gasteiger partial charge in [0.25, 0.3) is 0 Å². The monoisotopic (exact) mass is 368 g/mol. The number of hydrogen-bond acceptors (Lipinski definition) is 7. The Balaban J connectivity index is 1.96. The molecule has 0 bridgehead atoms. The zero-order chi connectivity index (χ0) is 19.6. The molecule has 0 aliphatic rings. The van der Waals surface area contributed by atoms with Gasteiger partial charge in [0, 0.05) is 13.0 Å². The fourth-order valence-electron chi connectivity index (χ4n) is 2.51. The molecule has 27 heavy (non-hydrogen) atoms. The number of hydrogen-bond donors (Lipinski definition) is 0. The fraction of sp³-hybridized carbons (Fsp3) is 0.150. The molecule has 0 saturated carbocycles. The van der Waals surface area contributed by atoms with Crippen molar-refractivity contribution in [3.63, 3.8) is 0 Å². The summed E-state index contributed by atoms with van der Waals surface area (Å²) in [5.41, 5.74) is 0.287. The molecule has 2 aromatic carbocycles. The van der Waals surface area contributed by atoms with E-state index in [2.05, 4.69) is 4.74 Å². The van der Waals surface area contributed by atoms with Gasteiger partial charge in [-0.2, -0.15) is 0 Å². The molecule has 0 saturated heterocycles. The number of benzene rings is 2. The molecule has 1 aromatic heterocycles. The van der Waals surface area contributed by atoms with Gasteiger partial charge in [0.1, 0.15) is 22.8 Å². The molecular formula is C20H16O7. The summed E-state index contributed by atoms with van der Waals surface area (Å²) in [4.78, 5) is 35.3. The molecule has 0 radical (unpaired) electrons. The van der Waals surface area contributed by atoms with Crippen LogP contribution < -0.4 is 14.9 Å². The molecule has 0 unspecified atom stereocenters. The number of carbonyl (C=O) groups is 2. The SMILES string of the molecule is COC(=O)c1ccc(Oc2c(C)oc3cc(OC(C)=O)ccc3c2=O)cc1. The predicted molar refractivity (Wildman–Crippen MR) is 96.4 cm³/mol. The first-order chi connectivity index (χ1) is 12.9. The number of aryl methyl sites for hydroxylation is 1. The summed E-state index contributed by atoms with van der Waals surface area (Å²) in [7, 11) is 1.29. The van der Waals surface area contributed by atoms with E-state index in [1.165, 1.54) is 44.4 Å². The second kappa shape index (κ2) is 7.33. The maximum Gasteiger partial charge on any atom is 0.337 e. The summed E-state index contributed by atoms with van der Waals surface area (Å²) in [6.45, 7) is 2.88. The van der Waals surface area contributed by atoms with Crippen molar-refractivity contribution in [3.8, 4) is 17.2 Å². The van der Waals surface area contributed by atoms with Crippen molar-refractivity contribution in [2.45, 2.75) is 13.8 Å². The lowest BCUT2D eigenvalue weighted by atomic mass is 10.2. The van der Waals surface area contributed by atoms with Gasteiger partial charge in [-0.1, -0.05) is 0 Å². The molecule has 138 valence electrons. The summed E-state index contributed by atoms with van der Waals surface area (Å²) in [5, 5.41) is 0.290. The molecule has 3 aromatic rings. The lowest BCUT2D eigenvalue weighted by molar-refractivity contribution is -0.131. The van der Waals surface area contributed by atoms with Gasteiger partial charge in [0.2, 0.25) is 11.2 Å². The van der Waals surface area contributed by atoms with E-state index in [0.29, 0.717) is 11.3 Å². The lowest BCUT2D eigenvalue weighted by Gasteiger charge is -2.10. The van der Waals surface area contributed by atoms with Crippen LogP contribution in [0.2, 0.25) is 0 Å². The van der Waals surface area contributed by atoms with Crippen molar-refractivity contribution >= 4 is 22.9 Å². The molecular weight excluding hydrogens is 352 g/mol. The van der Waals surface area contributed by atoms with E-state index in [-0.39, 0.29) is 33.7 Å². The van der Waals surface area contributed by atoms with Gasteiger partial charge in [-0.15, -0.1) is 0 Å². The van der Waals surface area contributed by atoms with Crippen molar-refractivity contribution in [2.75, 3.05) is 7.11 Å². The van der Waals surface area contributed by atoms with Crippen LogP contribution in [0.3, 0.4) is 0 Å². The van der Waals surface area contributed by atoms with Crippen LogP contribution in [0.4, 0.5) is 0 Å². The third-order valence-corrected chi connectivity index (χ3v) is 3.74. The first kappa shape index (κ1) is 18.2. The first-order valence-electron chi connectivity index (χ1n) is 8.01. The van der Waals surface area contributed by atoms with Crippen LogP contribution in [0, 0.1) is 6.92 Å². The van der Waals surface area contributed by atoms with Crippen LogP contribution in [0.5, 0.6) is 17.2 Å². The van der Waals surface area contributed by atoms with Gasteiger partial charge in [0.15, 0.2) is 0 Å². The highest BCUT2D eigenvalue weighted by atomic mass is 16.5. The number of rotatable bonds is 4. The van der Waals surface area contributed by atoms with Gasteiger partial charge in [-0.25, -0.2) is 4.79 Å². The highest BCUT2D eigenvalue weighted by Gasteiger charge is 2.15. The van der Waals surface area contributed by atoms with E-state index >= 15 is 0 Å². The van der Waals surface area contributed by atoms with Crippen LogP contribution in [-0.4, -0.2) is 19.0 Å². The summed E-state index contributed by atoms with van der Waals surface area (Å²) in [6.07, 6.45) is 0. The van der Waals surface area contributed by atoms with E-state index in [9.17, 15) is 14.4 Å². The second-order valence-corrected chi connectivity index (χ2v) is 5.69. The molecule has 0 N–H and O–H groups in total. The molecule has 0 aliphatic carbocycles. The Hall–Kier alpha value is -3.61. The molecule has 3 rings (SSSR count). The summed E-state index contributed by atoms with van der Waals surface area (Å²) < 4.78 is 21.0. The molecule has 7 nitrogen and oxygen atoms in total. The molecule has 1 heterocycles. The minimum atomic E-state index is -0.469. The fourth-order valence-corrected chi connectivity index (χ4v) is 2.51. The summed E-state index contributed by atoms with van der Waals surface area (Å²) in [5.74, 6) is 0.0203. The largest absolute Gasteiger partial charge is 0.465 e. The number of carbonyl (C=O) groups excluding carboxylic acids is 2. The number of fused-ring (bicyclic) bond motifs is 1. The van der Waals surface area contributed by atoms with Gasteiger partial charge in [0.05, 0.1) is 18.1 Å². The lowest BCUT2D eigenvalue weighted by Crippen LogP contribution is -2.08. The van der Waals surface area contributed by atoms with Gasteiger partial charge in [-0.05, 0) is 43.3 Å². The quantitative estimate of drug-likeness (QED) is 0.513. The topological polar surface area (TPSA) is 92.0 Å². The second-order valence-electron chi connectivity index (χ2n) is 5.69. The van der Waals surface area contributed by atoms with Crippen LogP contribution in [0.15, 0.2) is 51.7 Å². The van der Waals surface area contributed by atoms with E-state index in [1.54, 1.807) is 19.1 Å². The predicted octanol–water partition coefficient (Wildman–Crippen LogP) is 3.61. The molecule has 0 atom stereocenters. The van der Waals surface area contributed by atoms with E-state index in [0.717, 1.165) is 0 Å². The number of esters is 2. The molecule has 0 fully saturated rings. The van der Waals surface area contributed by atoms with Gasteiger partial charge >= 0.3 is 11.9 Å². The zero-order valence-electron chi connectivity index (χ0n) is 14.9. The van der Waals surface area contributed by atoms with Crippen molar-refractivity contribution in [2.24, 2.45) is 0 Å². The van der Waals surface area contributed by atoms with E-state index < -0.39 is 11.9 Å². The van der Waals surface area contributed by atoms with Crippen molar-refractivity contribution in [3.05, 3.63) is 64.0 Å². The Kier molecular flexibility index (Phi) is 4.94. The first-order valence-corrected chi connectivity index (χ1v) is 8.01. The zero-order valence-corrected chi connectivity index (χ0v) is 14.9. The Labute approximate surface area is 154 Å². The standard InChI is InChI=1S/C20H16O7/c1-11-19(27-14-6-4-13(5-7-14)20(23)24-3)18(22)16-9-8-15(26-12(2)21)10-17(16)25-11/h4-10H,1-3H3. The average molecular weight is 368 g/mol. The maximum atomic E-state index is 12.7. The van der Waals surface area contributed by atoms with Crippen molar-refractivity contribution in [1.29, 1.82) is 0 Å². The molecule has 0 amide bonds. The van der Waals surface area contributed by atoms with E-state index in [4.69, 9.17) is 13.9 Å². The minimum absolute atomic E-state index is 0.0357. The average Bonchev–Trinajstić information content (AvgIpc) is 2.64. The van der Waals surface area contributed by atoms with Crippen LogP contribution in [-0.2, 0) is 9.53 Å². The minimum Gasteiger partial charge on any atom is -0.465 e. The van der Waals surface area contributed by atoms with Gasteiger partial charge in [-0.3, -0.25) is 9.59 Å². The Morgan fingerprint density at radius 1 is 1.00 bits per heavy atom. The highest BCUT2D eigenvalue weighted by molar-refractivity contribution is 5.89. The van der Waals surface area contributed by atoms with Crippen molar-refractivity contribution < 1.29 is 28.2 Å².